The largest absolute Gasteiger partial charge is 0.0843 e. The summed E-state index contributed by atoms with van der Waals surface area (Å²) < 4.78 is 0. The van der Waals surface area contributed by atoms with E-state index in [0.717, 1.165) is 5.02 Å². The van der Waals surface area contributed by atoms with E-state index in [1.165, 1.54) is 11.1 Å². The van der Waals surface area contributed by atoms with Crippen molar-refractivity contribution in [2.24, 2.45) is 0 Å². The standard InChI is InChI=1S/C11H15Cl/c1-8-7-9(12)5-6-10(8)11(2,3)4/h5-7H,1-4H3. The first-order valence-electron chi connectivity index (χ1n) is 4.18. The minimum absolute atomic E-state index is 0.217. The lowest BCUT2D eigenvalue weighted by Crippen LogP contribution is -2.12. The molecule has 1 rings (SSSR count). The van der Waals surface area contributed by atoms with E-state index in [-0.39, 0.29) is 5.41 Å². The highest BCUT2D eigenvalue weighted by Gasteiger charge is 2.15. The van der Waals surface area contributed by atoms with Gasteiger partial charge in [0.05, 0.1) is 0 Å². The molecule has 12 heavy (non-hydrogen) atoms. The monoisotopic (exact) mass is 182 g/mol. The zero-order valence-electron chi connectivity index (χ0n) is 8.11. The second kappa shape index (κ2) is 3.10. The zero-order valence-corrected chi connectivity index (χ0v) is 8.87. The van der Waals surface area contributed by atoms with Crippen LogP contribution in [0.3, 0.4) is 0 Å². The molecule has 1 heteroatoms. The molecule has 0 spiro atoms. The van der Waals surface area contributed by atoms with Crippen molar-refractivity contribution in [3.8, 4) is 0 Å². The highest BCUT2D eigenvalue weighted by molar-refractivity contribution is 6.30. The Balaban J connectivity index is 3.19. The first-order valence-corrected chi connectivity index (χ1v) is 4.55. The van der Waals surface area contributed by atoms with Crippen molar-refractivity contribution in [1.29, 1.82) is 0 Å². The third-order valence-corrected chi connectivity index (χ3v) is 2.23. The smallest absolute Gasteiger partial charge is 0.0408 e. The number of halogens is 1. The zero-order chi connectivity index (χ0) is 9.35. The highest BCUT2D eigenvalue weighted by atomic mass is 35.5. The molecule has 0 saturated carbocycles. The molecule has 0 atom stereocenters. The van der Waals surface area contributed by atoms with Crippen LogP contribution in [0.1, 0.15) is 31.9 Å². The van der Waals surface area contributed by atoms with Crippen molar-refractivity contribution in [3.63, 3.8) is 0 Å². The lowest BCUT2D eigenvalue weighted by Gasteiger charge is -2.21. The van der Waals surface area contributed by atoms with E-state index in [1.54, 1.807) is 0 Å². The molecular weight excluding hydrogens is 168 g/mol. The van der Waals surface area contributed by atoms with Gasteiger partial charge in [-0.15, -0.1) is 0 Å². The summed E-state index contributed by atoms with van der Waals surface area (Å²) in [4.78, 5) is 0. The molecule has 1 aromatic rings. The van der Waals surface area contributed by atoms with Gasteiger partial charge < -0.3 is 0 Å². The number of hydrogen-bond donors (Lipinski definition) is 0. The Morgan fingerprint density at radius 1 is 1.17 bits per heavy atom. The van der Waals surface area contributed by atoms with E-state index in [2.05, 4.69) is 33.8 Å². The van der Waals surface area contributed by atoms with E-state index in [9.17, 15) is 0 Å². The van der Waals surface area contributed by atoms with Crippen molar-refractivity contribution in [2.45, 2.75) is 33.1 Å². The minimum Gasteiger partial charge on any atom is -0.0843 e. The summed E-state index contributed by atoms with van der Waals surface area (Å²) >= 11 is 5.87. The first kappa shape index (κ1) is 9.60. The predicted octanol–water partition coefficient (Wildman–Crippen LogP) is 3.95. The van der Waals surface area contributed by atoms with Crippen molar-refractivity contribution < 1.29 is 0 Å². The SMILES string of the molecule is Cc1cc(Cl)ccc1C(C)(C)C. The number of benzene rings is 1. The van der Waals surface area contributed by atoms with Crippen LogP contribution >= 0.6 is 11.6 Å². The summed E-state index contributed by atoms with van der Waals surface area (Å²) in [6, 6.07) is 6.08. The van der Waals surface area contributed by atoms with Crippen LogP contribution in [0.2, 0.25) is 5.02 Å². The van der Waals surface area contributed by atoms with Gasteiger partial charge >= 0.3 is 0 Å². The Morgan fingerprint density at radius 3 is 2.17 bits per heavy atom. The molecule has 0 heterocycles. The van der Waals surface area contributed by atoms with Crippen LogP contribution in [0, 0.1) is 6.92 Å². The summed E-state index contributed by atoms with van der Waals surface area (Å²) in [7, 11) is 0. The lowest BCUT2D eigenvalue weighted by molar-refractivity contribution is 0.586. The first-order chi connectivity index (χ1) is 5.41. The maximum atomic E-state index is 5.87. The van der Waals surface area contributed by atoms with Gasteiger partial charge in [0.15, 0.2) is 0 Å². The topological polar surface area (TPSA) is 0 Å². The fourth-order valence-electron chi connectivity index (χ4n) is 1.47. The Morgan fingerprint density at radius 2 is 1.75 bits per heavy atom. The average molecular weight is 183 g/mol. The molecule has 0 saturated heterocycles. The van der Waals surface area contributed by atoms with Crippen LogP contribution in [0.15, 0.2) is 18.2 Å². The molecule has 0 radical (unpaired) electrons. The van der Waals surface area contributed by atoms with Crippen LogP contribution < -0.4 is 0 Å². The number of aryl methyl sites for hydroxylation is 1. The van der Waals surface area contributed by atoms with Gasteiger partial charge in [0.1, 0.15) is 0 Å². The van der Waals surface area contributed by atoms with Crippen LogP contribution in [0.25, 0.3) is 0 Å². The van der Waals surface area contributed by atoms with Gasteiger partial charge in [-0.1, -0.05) is 38.4 Å². The van der Waals surface area contributed by atoms with E-state index in [4.69, 9.17) is 11.6 Å². The molecule has 0 aliphatic rings. The number of hydrogen-bond acceptors (Lipinski definition) is 0. The molecule has 0 aliphatic carbocycles. The minimum atomic E-state index is 0.217. The fraction of sp³-hybridized carbons (Fsp3) is 0.455. The van der Waals surface area contributed by atoms with Gasteiger partial charge in [-0.2, -0.15) is 0 Å². The molecular formula is C11H15Cl. The van der Waals surface area contributed by atoms with E-state index < -0.39 is 0 Å². The summed E-state index contributed by atoms with van der Waals surface area (Å²) in [5.41, 5.74) is 2.86. The second-order valence-corrected chi connectivity index (χ2v) is 4.65. The molecule has 0 amide bonds. The van der Waals surface area contributed by atoms with Crippen molar-refractivity contribution in [3.05, 3.63) is 34.3 Å². The molecule has 0 aliphatic heterocycles. The van der Waals surface area contributed by atoms with Crippen molar-refractivity contribution >= 4 is 11.6 Å². The summed E-state index contributed by atoms with van der Waals surface area (Å²) in [6.07, 6.45) is 0. The normalized spacial score (nSPS) is 11.8. The fourth-order valence-corrected chi connectivity index (χ4v) is 1.70. The molecule has 0 unspecified atom stereocenters. The summed E-state index contributed by atoms with van der Waals surface area (Å²) in [5.74, 6) is 0. The second-order valence-electron chi connectivity index (χ2n) is 4.21. The van der Waals surface area contributed by atoms with Crippen LogP contribution in [-0.2, 0) is 5.41 Å². The Kier molecular flexibility index (Phi) is 2.48. The van der Waals surface area contributed by atoms with Gasteiger partial charge in [0.2, 0.25) is 0 Å². The van der Waals surface area contributed by atoms with Crippen molar-refractivity contribution in [2.75, 3.05) is 0 Å². The molecule has 0 N–H and O–H groups in total. The van der Waals surface area contributed by atoms with Gasteiger partial charge in [0.25, 0.3) is 0 Å². The quantitative estimate of drug-likeness (QED) is 0.570. The Bertz CT molecular complexity index is 282. The van der Waals surface area contributed by atoms with E-state index in [0.29, 0.717) is 0 Å². The van der Waals surface area contributed by atoms with E-state index >= 15 is 0 Å². The summed E-state index contributed by atoms with van der Waals surface area (Å²) in [5, 5.41) is 0.820. The molecule has 0 aromatic heterocycles. The van der Waals surface area contributed by atoms with Crippen LogP contribution in [0.4, 0.5) is 0 Å². The van der Waals surface area contributed by atoms with E-state index in [1.807, 2.05) is 12.1 Å². The van der Waals surface area contributed by atoms with Gasteiger partial charge in [0, 0.05) is 5.02 Å². The summed E-state index contributed by atoms with van der Waals surface area (Å²) in [6.45, 7) is 8.74. The average Bonchev–Trinajstić information content (AvgIpc) is 1.83. The Labute approximate surface area is 79.6 Å². The van der Waals surface area contributed by atoms with Gasteiger partial charge in [-0.25, -0.2) is 0 Å². The van der Waals surface area contributed by atoms with Crippen LogP contribution in [-0.4, -0.2) is 0 Å². The van der Waals surface area contributed by atoms with Crippen LogP contribution in [0.5, 0.6) is 0 Å². The maximum Gasteiger partial charge on any atom is 0.0408 e. The Hall–Kier alpha value is -0.490. The van der Waals surface area contributed by atoms with Crippen molar-refractivity contribution in [1.82, 2.24) is 0 Å². The third kappa shape index (κ3) is 2.01. The highest BCUT2D eigenvalue weighted by Crippen LogP contribution is 2.27. The molecule has 0 nitrogen and oxygen atoms in total. The third-order valence-electron chi connectivity index (χ3n) is 2.00. The molecule has 0 fully saturated rings. The maximum absolute atomic E-state index is 5.87. The molecule has 1 aromatic carbocycles. The number of rotatable bonds is 0. The predicted molar refractivity (Wildman–Crippen MR) is 54.9 cm³/mol. The lowest BCUT2D eigenvalue weighted by atomic mass is 9.84. The molecule has 0 bridgehead atoms. The van der Waals surface area contributed by atoms with Gasteiger partial charge in [-0.05, 0) is 35.6 Å². The van der Waals surface area contributed by atoms with Gasteiger partial charge in [-0.3, -0.25) is 0 Å². The molecule has 66 valence electrons.